The van der Waals surface area contributed by atoms with Crippen molar-refractivity contribution in [3.8, 4) is 11.5 Å². The number of rotatable bonds is 4. The van der Waals surface area contributed by atoms with Gasteiger partial charge in [0.1, 0.15) is 5.69 Å². The lowest BCUT2D eigenvalue weighted by atomic mass is 10.2. The highest BCUT2D eigenvalue weighted by Gasteiger charge is 2.21. The van der Waals surface area contributed by atoms with E-state index < -0.39 is 12.1 Å². The fourth-order valence-electron chi connectivity index (χ4n) is 2.68. The van der Waals surface area contributed by atoms with Gasteiger partial charge in [-0.2, -0.15) is 0 Å². The zero-order valence-electron chi connectivity index (χ0n) is 14.4. The SMILES string of the molecule is C[C@@H](OC(=O)c1cc(=O)c2ccccc2[nH]1)c1nnc(-c2ccccc2)o1. The first-order valence-corrected chi connectivity index (χ1v) is 8.33. The van der Waals surface area contributed by atoms with Crippen molar-refractivity contribution in [3.63, 3.8) is 0 Å². The van der Waals surface area contributed by atoms with Gasteiger partial charge in [0.25, 0.3) is 5.89 Å². The maximum Gasteiger partial charge on any atom is 0.355 e. The van der Waals surface area contributed by atoms with Crippen LogP contribution in [0.5, 0.6) is 0 Å². The molecular weight excluding hydrogens is 346 g/mol. The van der Waals surface area contributed by atoms with E-state index >= 15 is 0 Å². The number of aromatic amines is 1. The molecule has 0 radical (unpaired) electrons. The topological polar surface area (TPSA) is 98.1 Å². The van der Waals surface area contributed by atoms with E-state index in [4.69, 9.17) is 9.15 Å². The molecule has 0 bridgehead atoms. The van der Waals surface area contributed by atoms with Gasteiger partial charge < -0.3 is 14.1 Å². The third-order valence-electron chi connectivity index (χ3n) is 4.05. The molecule has 0 unspecified atom stereocenters. The molecule has 7 nitrogen and oxygen atoms in total. The van der Waals surface area contributed by atoms with Crippen molar-refractivity contribution in [2.24, 2.45) is 0 Å². The van der Waals surface area contributed by atoms with Crippen LogP contribution >= 0.6 is 0 Å². The molecule has 1 atom stereocenters. The minimum Gasteiger partial charge on any atom is -0.448 e. The Morgan fingerprint density at radius 2 is 1.81 bits per heavy atom. The van der Waals surface area contributed by atoms with Crippen LogP contribution in [0.1, 0.15) is 29.4 Å². The first-order valence-electron chi connectivity index (χ1n) is 8.33. The monoisotopic (exact) mass is 361 g/mol. The van der Waals surface area contributed by atoms with Crippen molar-refractivity contribution in [2.75, 3.05) is 0 Å². The molecule has 2 aromatic heterocycles. The van der Waals surface area contributed by atoms with Crippen LogP contribution in [0.3, 0.4) is 0 Å². The lowest BCUT2D eigenvalue weighted by Gasteiger charge is -2.09. The predicted octanol–water partition coefficient (Wildman–Crippen LogP) is 3.50. The van der Waals surface area contributed by atoms with Crippen LogP contribution in [-0.2, 0) is 4.74 Å². The van der Waals surface area contributed by atoms with Crippen molar-refractivity contribution in [1.82, 2.24) is 15.2 Å². The zero-order chi connectivity index (χ0) is 18.8. The van der Waals surface area contributed by atoms with Crippen LogP contribution in [0.25, 0.3) is 22.4 Å². The molecule has 1 N–H and O–H groups in total. The number of hydrogen-bond donors (Lipinski definition) is 1. The molecule has 0 aliphatic heterocycles. The minimum atomic E-state index is -0.766. The number of H-pyrrole nitrogens is 1. The average Bonchev–Trinajstić information content (AvgIpc) is 3.19. The molecule has 134 valence electrons. The van der Waals surface area contributed by atoms with Crippen molar-refractivity contribution < 1.29 is 13.9 Å². The van der Waals surface area contributed by atoms with Crippen LogP contribution in [0.15, 0.2) is 69.9 Å². The summed E-state index contributed by atoms with van der Waals surface area (Å²) >= 11 is 0. The quantitative estimate of drug-likeness (QED) is 0.559. The number of pyridine rings is 1. The number of aromatic nitrogens is 3. The zero-order valence-corrected chi connectivity index (χ0v) is 14.4. The molecule has 2 heterocycles. The van der Waals surface area contributed by atoms with Gasteiger partial charge in [-0.1, -0.05) is 30.3 Å². The Kier molecular flexibility index (Phi) is 4.25. The lowest BCUT2D eigenvalue weighted by Crippen LogP contribution is -2.14. The summed E-state index contributed by atoms with van der Waals surface area (Å²) in [7, 11) is 0. The van der Waals surface area contributed by atoms with Crippen molar-refractivity contribution >= 4 is 16.9 Å². The van der Waals surface area contributed by atoms with Gasteiger partial charge >= 0.3 is 5.97 Å². The third kappa shape index (κ3) is 3.35. The van der Waals surface area contributed by atoms with Gasteiger partial charge in [-0.15, -0.1) is 10.2 Å². The Morgan fingerprint density at radius 1 is 1.07 bits per heavy atom. The Morgan fingerprint density at radius 3 is 2.63 bits per heavy atom. The number of hydrogen-bond acceptors (Lipinski definition) is 6. The molecule has 0 saturated carbocycles. The Labute approximate surface area is 153 Å². The van der Waals surface area contributed by atoms with Crippen molar-refractivity contribution in [1.29, 1.82) is 0 Å². The number of ether oxygens (including phenoxy) is 1. The summed E-state index contributed by atoms with van der Waals surface area (Å²) in [6.45, 7) is 1.62. The Bertz CT molecular complexity index is 1160. The molecule has 0 spiro atoms. The number of nitrogens with zero attached hydrogens (tertiary/aromatic N) is 2. The lowest BCUT2D eigenvalue weighted by molar-refractivity contribution is 0.0273. The molecule has 27 heavy (non-hydrogen) atoms. The summed E-state index contributed by atoms with van der Waals surface area (Å²) in [5, 5.41) is 8.42. The van der Waals surface area contributed by atoms with E-state index in [1.165, 1.54) is 6.07 Å². The number of fused-ring (bicyclic) bond motifs is 1. The maximum atomic E-state index is 12.4. The average molecular weight is 361 g/mol. The maximum absolute atomic E-state index is 12.4. The van der Waals surface area contributed by atoms with Crippen LogP contribution in [0.4, 0.5) is 0 Å². The van der Waals surface area contributed by atoms with Crippen molar-refractivity contribution in [2.45, 2.75) is 13.0 Å². The molecule has 0 aliphatic carbocycles. The Hall–Kier alpha value is -3.74. The second-order valence-corrected chi connectivity index (χ2v) is 5.95. The van der Waals surface area contributed by atoms with Gasteiger partial charge in [-0.25, -0.2) is 4.79 Å². The predicted molar refractivity (Wildman–Crippen MR) is 98.1 cm³/mol. The van der Waals surface area contributed by atoms with Crippen LogP contribution in [-0.4, -0.2) is 21.2 Å². The second-order valence-electron chi connectivity index (χ2n) is 5.95. The summed E-state index contributed by atoms with van der Waals surface area (Å²) in [5.74, 6) is -0.164. The van der Waals surface area contributed by atoms with E-state index in [-0.39, 0.29) is 17.0 Å². The molecule has 0 fully saturated rings. The molecule has 0 aliphatic rings. The first kappa shape index (κ1) is 16.7. The molecule has 0 saturated heterocycles. The van der Waals surface area contributed by atoms with Gasteiger partial charge in [0.05, 0.1) is 0 Å². The van der Waals surface area contributed by atoms with E-state index in [0.29, 0.717) is 16.8 Å². The van der Waals surface area contributed by atoms with Crippen LogP contribution < -0.4 is 5.43 Å². The molecule has 4 rings (SSSR count). The van der Waals surface area contributed by atoms with E-state index in [1.807, 2.05) is 30.3 Å². The number of benzene rings is 2. The fourth-order valence-corrected chi connectivity index (χ4v) is 2.68. The van der Waals surface area contributed by atoms with E-state index in [1.54, 1.807) is 31.2 Å². The molecule has 0 amide bonds. The van der Waals surface area contributed by atoms with Crippen molar-refractivity contribution in [3.05, 3.63) is 82.5 Å². The third-order valence-corrected chi connectivity index (χ3v) is 4.05. The molecular formula is C20H15N3O4. The standard InChI is InChI=1S/C20H15N3O4/c1-12(18-22-23-19(27-18)13-7-3-2-4-8-13)26-20(25)16-11-17(24)14-9-5-6-10-15(14)21-16/h2-12H,1H3,(H,21,24)/t12-/m1/s1. The van der Waals surface area contributed by atoms with E-state index in [9.17, 15) is 9.59 Å². The van der Waals surface area contributed by atoms with Crippen LogP contribution in [0.2, 0.25) is 0 Å². The van der Waals surface area contributed by atoms with Gasteiger partial charge in [0.2, 0.25) is 5.89 Å². The highest BCUT2D eigenvalue weighted by atomic mass is 16.6. The smallest absolute Gasteiger partial charge is 0.355 e. The normalized spacial score (nSPS) is 12.0. The number of esters is 1. The summed E-state index contributed by atoms with van der Waals surface area (Å²) in [6, 6.07) is 17.5. The van der Waals surface area contributed by atoms with Gasteiger partial charge in [-0.05, 0) is 31.2 Å². The highest BCUT2D eigenvalue weighted by molar-refractivity contribution is 5.91. The summed E-state index contributed by atoms with van der Waals surface area (Å²) in [6.07, 6.45) is -0.766. The second kappa shape index (κ2) is 6.87. The van der Waals surface area contributed by atoms with E-state index in [2.05, 4.69) is 15.2 Å². The molecule has 7 heteroatoms. The summed E-state index contributed by atoms with van der Waals surface area (Å²) < 4.78 is 11.0. The minimum absolute atomic E-state index is 0.0633. The number of carbonyl (C=O) groups is 1. The molecule has 2 aromatic carbocycles. The summed E-state index contributed by atoms with van der Waals surface area (Å²) in [4.78, 5) is 27.5. The number of nitrogens with one attached hydrogen (secondary N) is 1. The number of carbonyl (C=O) groups excluding carboxylic acids is 1. The Balaban J connectivity index is 1.55. The fraction of sp³-hybridized carbons (Fsp3) is 0.100. The molecule has 4 aromatic rings. The van der Waals surface area contributed by atoms with E-state index in [0.717, 1.165) is 5.56 Å². The van der Waals surface area contributed by atoms with Crippen LogP contribution in [0, 0.1) is 0 Å². The first-order chi connectivity index (χ1) is 13.1. The van der Waals surface area contributed by atoms with Gasteiger partial charge in [0.15, 0.2) is 11.5 Å². The summed E-state index contributed by atoms with van der Waals surface area (Å²) in [5.41, 5.74) is 1.14. The highest BCUT2D eigenvalue weighted by Crippen LogP contribution is 2.22. The van der Waals surface area contributed by atoms with Gasteiger partial charge in [-0.3, -0.25) is 4.79 Å². The van der Waals surface area contributed by atoms with Gasteiger partial charge in [0, 0.05) is 22.5 Å². The number of para-hydroxylation sites is 1. The largest absolute Gasteiger partial charge is 0.448 e.